The molecule has 0 spiro atoms. The molecule has 0 radical (unpaired) electrons. The Kier molecular flexibility index (Phi) is 5.37. The minimum atomic E-state index is -2.48. The predicted molar refractivity (Wildman–Crippen MR) is 130 cm³/mol. The van der Waals surface area contributed by atoms with Crippen molar-refractivity contribution >= 4 is 52.9 Å². The van der Waals surface area contributed by atoms with E-state index in [1.54, 1.807) is 19.5 Å². The summed E-state index contributed by atoms with van der Waals surface area (Å²) in [5, 5.41) is 15.3. The highest BCUT2D eigenvalue weighted by atomic mass is 35.5. The molecular formula is C22H23ClN7OP. The fraction of sp³-hybridized carbons (Fsp3) is 0.227. The van der Waals surface area contributed by atoms with Gasteiger partial charge in [0.25, 0.3) is 0 Å². The van der Waals surface area contributed by atoms with Crippen LogP contribution in [0, 0.1) is 5.92 Å². The number of fused-ring (bicyclic) bond motifs is 1. The topological polar surface area (TPSA) is 96.8 Å². The zero-order valence-electron chi connectivity index (χ0n) is 17.7. The van der Waals surface area contributed by atoms with Crippen molar-refractivity contribution in [3.8, 4) is 0 Å². The van der Waals surface area contributed by atoms with Crippen LogP contribution >= 0.6 is 18.7 Å². The Morgan fingerprint density at radius 3 is 2.88 bits per heavy atom. The van der Waals surface area contributed by atoms with E-state index in [2.05, 4.69) is 43.2 Å². The number of rotatable bonds is 6. The third kappa shape index (κ3) is 4.21. The molecule has 1 saturated heterocycles. The molecule has 8 nitrogen and oxygen atoms in total. The van der Waals surface area contributed by atoms with E-state index >= 15 is 0 Å². The number of benzene rings is 1. The van der Waals surface area contributed by atoms with Crippen molar-refractivity contribution in [1.82, 2.24) is 25.1 Å². The lowest BCUT2D eigenvalue weighted by atomic mass is 10.1. The zero-order valence-corrected chi connectivity index (χ0v) is 19.4. The van der Waals surface area contributed by atoms with Crippen molar-refractivity contribution in [2.24, 2.45) is 5.92 Å². The van der Waals surface area contributed by atoms with Gasteiger partial charge in [0.15, 0.2) is 5.82 Å². The quantitative estimate of drug-likeness (QED) is 0.470. The first-order valence-corrected chi connectivity index (χ1v) is 13.2. The van der Waals surface area contributed by atoms with Crippen LogP contribution in [0.4, 0.5) is 23.1 Å². The highest BCUT2D eigenvalue weighted by Crippen LogP contribution is 2.38. The highest BCUT2D eigenvalue weighted by Gasteiger charge is 2.24. The molecule has 1 fully saturated rings. The summed E-state index contributed by atoms with van der Waals surface area (Å²) in [4.78, 5) is 8.79. The fourth-order valence-electron chi connectivity index (χ4n) is 3.89. The van der Waals surface area contributed by atoms with E-state index in [0.717, 1.165) is 29.8 Å². The average Bonchev–Trinajstić information content (AvgIpc) is 3.46. The molecule has 32 heavy (non-hydrogen) atoms. The van der Waals surface area contributed by atoms with Gasteiger partial charge in [-0.1, -0.05) is 29.8 Å². The van der Waals surface area contributed by atoms with Crippen LogP contribution in [-0.2, 0) is 4.57 Å². The van der Waals surface area contributed by atoms with Gasteiger partial charge in [-0.05, 0) is 37.1 Å². The second kappa shape index (κ2) is 8.20. The Morgan fingerprint density at radius 1 is 1.22 bits per heavy atom. The lowest BCUT2D eigenvalue weighted by Gasteiger charge is -2.15. The third-order valence-electron chi connectivity index (χ3n) is 5.46. The second-order valence-corrected chi connectivity index (χ2v) is 11.8. The van der Waals surface area contributed by atoms with E-state index in [1.165, 1.54) is 11.8 Å². The fourth-order valence-corrected chi connectivity index (χ4v) is 5.19. The first kappa shape index (κ1) is 20.9. The molecule has 164 valence electrons. The molecule has 1 unspecified atom stereocenters. The summed E-state index contributed by atoms with van der Waals surface area (Å²) in [7, 11) is -2.48. The van der Waals surface area contributed by atoms with Gasteiger partial charge in [-0.2, -0.15) is 10.1 Å². The molecule has 10 heteroatoms. The maximum Gasteiger partial charge on any atom is 0.229 e. The number of nitrogens with zero attached hydrogens (tertiary/aromatic N) is 4. The average molecular weight is 468 g/mol. The van der Waals surface area contributed by atoms with Gasteiger partial charge in [-0.3, -0.25) is 0 Å². The number of allylic oxidation sites excluding steroid dienone is 2. The molecule has 2 aromatic heterocycles. The molecule has 3 heterocycles. The normalized spacial score (nSPS) is 17.7. The van der Waals surface area contributed by atoms with Crippen LogP contribution in [0.3, 0.4) is 0 Å². The van der Waals surface area contributed by atoms with E-state index in [0.29, 0.717) is 28.4 Å². The molecule has 0 saturated carbocycles. The molecule has 2 aliphatic rings. The largest absolute Gasteiger partial charge is 0.338 e. The van der Waals surface area contributed by atoms with E-state index in [4.69, 9.17) is 11.6 Å². The van der Waals surface area contributed by atoms with Crippen LogP contribution in [0.15, 0.2) is 60.6 Å². The first-order chi connectivity index (χ1) is 15.4. The number of aromatic nitrogens is 4. The molecular weight excluding hydrogens is 445 g/mol. The predicted octanol–water partition coefficient (Wildman–Crippen LogP) is 4.06. The van der Waals surface area contributed by atoms with Crippen molar-refractivity contribution in [2.45, 2.75) is 0 Å². The molecule has 3 N–H and O–H groups in total. The first-order valence-electron chi connectivity index (χ1n) is 10.3. The van der Waals surface area contributed by atoms with Gasteiger partial charge < -0.3 is 20.5 Å². The van der Waals surface area contributed by atoms with Crippen LogP contribution in [0.1, 0.15) is 0 Å². The summed E-state index contributed by atoms with van der Waals surface area (Å²) in [6.07, 6.45) is 9.57. The van der Waals surface area contributed by atoms with E-state index in [-0.39, 0.29) is 0 Å². The van der Waals surface area contributed by atoms with Gasteiger partial charge in [0, 0.05) is 24.3 Å². The number of nitrogens with one attached hydrogen (secondary N) is 3. The van der Waals surface area contributed by atoms with Crippen molar-refractivity contribution in [3.05, 3.63) is 65.6 Å². The number of hydrogen-bond acceptors (Lipinski definition) is 7. The van der Waals surface area contributed by atoms with Gasteiger partial charge in [0.2, 0.25) is 5.95 Å². The molecule has 1 aliphatic heterocycles. The maximum absolute atomic E-state index is 12.7. The third-order valence-corrected chi connectivity index (χ3v) is 7.29. The summed E-state index contributed by atoms with van der Waals surface area (Å²) in [6, 6.07) is 7.45. The summed E-state index contributed by atoms with van der Waals surface area (Å²) in [6.45, 7) is 5.38. The van der Waals surface area contributed by atoms with Crippen molar-refractivity contribution < 1.29 is 4.57 Å². The maximum atomic E-state index is 12.7. The van der Waals surface area contributed by atoms with Crippen LogP contribution < -0.4 is 21.3 Å². The molecule has 1 aliphatic carbocycles. The monoisotopic (exact) mass is 467 g/mol. The van der Waals surface area contributed by atoms with Gasteiger partial charge in [-0.25, -0.2) is 9.67 Å². The Hall–Kier alpha value is -2.93. The van der Waals surface area contributed by atoms with Gasteiger partial charge in [-0.15, -0.1) is 0 Å². The summed E-state index contributed by atoms with van der Waals surface area (Å²) in [5.74, 6) is 1.27. The van der Waals surface area contributed by atoms with Gasteiger partial charge in [0.05, 0.1) is 35.7 Å². The lowest BCUT2D eigenvalue weighted by Crippen LogP contribution is -2.10. The molecule has 1 atom stereocenters. The summed E-state index contributed by atoms with van der Waals surface area (Å²) < 4.78 is 14.5. The highest BCUT2D eigenvalue weighted by molar-refractivity contribution is 7.70. The van der Waals surface area contributed by atoms with Crippen LogP contribution in [0.5, 0.6) is 0 Å². The minimum absolute atomic E-state index is 0.367. The van der Waals surface area contributed by atoms with Crippen molar-refractivity contribution in [1.29, 1.82) is 0 Å². The SMILES string of the molecule is CP(C)(=O)c1ccccc1Nc1nc(Nc2cnn(C3=CC4CNCC4=C3)c2)ncc1Cl. The van der Waals surface area contributed by atoms with E-state index < -0.39 is 7.14 Å². The second-order valence-electron chi connectivity index (χ2n) is 8.23. The minimum Gasteiger partial charge on any atom is -0.338 e. The Balaban J connectivity index is 1.36. The van der Waals surface area contributed by atoms with Crippen LogP contribution in [-0.4, -0.2) is 46.2 Å². The molecule has 0 amide bonds. The standard InChI is InChI=1S/C22H23ClN7OP/c1-32(2,31)20-6-4-3-5-19(20)28-21-18(23)12-25-22(29-21)27-16-11-26-30(13-16)17-7-14-9-24-10-15(14)8-17/h3-8,11-14,24H,9-10H2,1-2H3,(H2,25,27,28,29). The molecule has 3 aromatic rings. The Bertz CT molecular complexity index is 1290. The van der Waals surface area contributed by atoms with Crippen LogP contribution in [0.2, 0.25) is 5.02 Å². The number of hydrogen-bond donors (Lipinski definition) is 3. The van der Waals surface area contributed by atoms with Crippen LogP contribution in [0.25, 0.3) is 5.70 Å². The summed E-state index contributed by atoms with van der Waals surface area (Å²) in [5.41, 5.74) is 3.94. The van der Waals surface area contributed by atoms with Gasteiger partial charge in [0.1, 0.15) is 12.2 Å². The number of para-hydroxylation sites is 1. The number of anilines is 4. The Labute approximate surface area is 191 Å². The number of halogens is 1. The van der Waals surface area contributed by atoms with Crippen molar-refractivity contribution in [3.63, 3.8) is 0 Å². The van der Waals surface area contributed by atoms with Crippen molar-refractivity contribution in [2.75, 3.05) is 37.1 Å². The smallest absolute Gasteiger partial charge is 0.229 e. The molecule has 1 aromatic carbocycles. The Morgan fingerprint density at radius 2 is 2.06 bits per heavy atom. The van der Waals surface area contributed by atoms with E-state index in [1.807, 2.05) is 35.1 Å². The lowest BCUT2D eigenvalue weighted by molar-refractivity contribution is 0.588. The zero-order chi connectivity index (χ0) is 22.3. The van der Waals surface area contributed by atoms with E-state index in [9.17, 15) is 4.57 Å². The van der Waals surface area contributed by atoms with Gasteiger partial charge >= 0.3 is 0 Å². The molecule has 5 rings (SSSR count). The summed E-state index contributed by atoms with van der Waals surface area (Å²) >= 11 is 6.33. The molecule has 0 bridgehead atoms.